The minimum Gasteiger partial charge on any atom is -0.497 e. The van der Waals surface area contributed by atoms with Gasteiger partial charge in [0.05, 0.1) is 13.7 Å². The number of hydrogen-bond donors (Lipinski definition) is 0. The number of benzene rings is 1. The lowest BCUT2D eigenvalue weighted by atomic mass is 10.2. The maximum Gasteiger partial charge on any atom is 0.487 e. The number of rotatable bonds is 4. The van der Waals surface area contributed by atoms with Crippen molar-refractivity contribution in [2.45, 2.75) is 12.8 Å². The number of ether oxygens (including phenoxy) is 1. The Labute approximate surface area is 90.4 Å². The highest BCUT2D eigenvalue weighted by Crippen LogP contribution is 2.22. The summed E-state index contributed by atoms with van der Waals surface area (Å²) in [5, 5.41) is 0. The van der Waals surface area contributed by atoms with Crippen LogP contribution in [0.25, 0.3) is 0 Å². The SMILES string of the molecule is COc1ccc(CN(C=O)C(F)(F)F)cc1. The van der Waals surface area contributed by atoms with E-state index in [2.05, 4.69) is 0 Å². The van der Waals surface area contributed by atoms with Gasteiger partial charge < -0.3 is 4.74 Å². The molecule has 0 saturated carbocycles. The third-order valence-electron chi connectivity index (χ3n) is 1.96. The number of methoxy groups -OCH3 is 1. The number of amides is 1. The summed E-state index contributed by atoms with van der Waals surface area (Å²) in [6, 6.07) is 6.02. The van der Waals surface area contributed by atoms with Gasteiger partial charge in [0, 0.05) is 0 Å². The Kier molecular flexibility index (Phi) is 3.76. The lowest BCUT2D eigenvalue weighted by Crippen LogP contribution is -2.36. The molecule has 1 aromatic rings. The van der Waals surface area contributed by atoms with Gasteiger partial charge in [0.1, 0.15) is 5.75 Å². The van der Waals surface area contributed by atoms with Crippen LogP contribution in [-0.4, -0.2) is 24.7 Å². The van der Waals surface area contributed by atoms with E-state index < -0.39 is 12.8 Å². The van der Waals surface area contributed by atoms with Crippen molar-refractivity contribution in [3.05, 3.63) is 29.8 Å². The van der Waals surface area contributed by atoms with Gasteiger partial charge in [-0.1, -0.05) is 12.1 Å². The van der Waals surface area contributed by atoms with E-state index >= 15 is 0 Å². The van der Waals surface area contributed by atoms with Gasteiger partial charge in [-0.25, -0.2) is 0 Å². The largest absolute Gasteiger partial charge is 0.497 e. The fourth-order valence-electron chi connectivity index (χ4n) is 1.11. The fourth-order valence-corrected chi connectivity index (χ4v) is 1.11. The second kappa shape index (κ2) is 4.87. The highest BCUT2D eigenvalue weighted by molar-refractivity contribution is 5.48. The van der Waals surface area contributed by atoms with Crippen molar-refractivity contribution in [3.63, 3.8) is 0 Å². The van der Waals surface area contributed by atoms with Gasteiger partial charge in [-0.3, -0.25) is 9.69 Å². The molecule has 16 heavy (non-hydrogen) atoms. The van der Waals surface area contributed by atoms with Crippen molar-refractivity contribution in [3.8, 4) is 5.75 Å². The topological polar surface area (TPSA) is 29.5 Å². The van der Waals surface area contributed by atoms with Crippen LogP contribution in [0.5, 0.6) is 5.75 Å². The standard InChI is InChI=1S/C10H10F3NO2/c1-16-9-4-2-8(3-5-9)6-14(7-15)10(11,12)13/h2-5,7H,6H2,1H3. The maximum atomic E-state index is 12.2. The van der Waals surface area contributed by atoms with Crippen LogP contribution in [0.3, 0.4) is 0 Å². The van der Waals surface area contributed by atoms with Crippen LogP contribution in [0.4, 0.5) is 13.2 Å². The lowest BCUT2D eigenvalue weighted by Gasteiger charge is -2.20. The third-order valence-corrected chi connectivity index (χ3v) is 1.96. The highest BCUT2D eigenvalue weighted by atomic mass is 19.4. The molecule has 0 unspecified atom stereocenters. The fraction of sp³-hybridized carbons (Fsp3) is 0.300. The number of nitrogens with zero attached hydrogens (tertiary/aromatic N) is 1. The van der Waals surface area contributed by atoms with Crippen LogP contribution in [0.2, 0.25) is 0 Å². The van der Waals surface area contributed by atoms with Crippen molar-refractivity contribution in [1.29, 1.82) is 0 Å². The summed E-state index contributed by atoms with van der Waals surface area (Å²) in [7, 11) is 1.46. The molecule has 0 bridgehead atoms. The number of carbonyl (C=O) groups excluding carboxylic acids is 1. The predicted molar refractivity (Wildman–Crippen MR) is 50.7 cm³/mol. The summed E-state index contributed by atoms with van der Waals surface area (Å²) in [6.07, 6.45) is -4.88. The molecule has 0 aliphatic rings. The molecule has 0 aromatic heterocycles. The van der Waals surface area contributed by atoms with Crippen molar-refractivity contribution in [2.24, 2.45) is 0 Å². The first kappa shape index (κ1) is 12.4. The molecule has 0 saturated heterocycles. The third kappa shape index (κ3) is 3.15. The van der Waals surface area contributed by atoms with Crippen LogP contribution in [0, 0.1) is 0 Å². The molecule has 0 N–H and O–H groups in total. The van der Waals surface area contributed by atoms with Gasteiger partial charge in [-0.2, -0.15) is 0 Å². The molecule has 88 valence electrons. The predicted octanol–water partition coefficient (Wildman–Crippen LogP) is 2.17. The van der Waals surface area contributed by atoms with E-state index in [1.807, 2.05) is 0 Å². The van der Waals surface area contributed by atoms with E-state index in [4.69, 9.17) is 4.74 Å². The molecule has 1 amide bonds. The number of halogens is 3. The van der Waals surface area contributed by atoms with E-state index in [-0.39, 0.29) is 11.3 Å². The Bertz CT molecular complexity index is 348. The number of alkyl halides is 3. The first-order valence-electron chi connectivity index (χ1n) is 4.39. The van der Waals surface area contributed by atoms with Crippen LogP contribution >= 0.6 is 0 Å². The average molecular weight is 233 g/mol. The van der Waals surface area contributed by atoms with E-state index in [9.17, 15) is 18.0 Å². The summed E-state index contributed by atoms with van der Waals surface area (Å²) in [4.78, 5) is 10.0. The summed E-state index contributed by atoms with van der Waals surface area (Å²) < 4.78 is 41.5. The molecule has 0 fully saturated rings. The molecule has 3 nitrogen and oxygen atoms in total. The highest BCUT2D eigenvalue weighted by Gasteiger charge is 2.36. The Morgan fingerprint density at radius 3 is 2.25 bits per heavy atom. The Morgan fingerprint density at radius 2 is 1.88 bits per heavy atom. The Balaban J connectivity index is 2.75. The minimum absolute atomic E-state index is 0.227. The zero-order valence-electron chi connectivity index (χ0n) is 8.49. The van der Waals surface area contributed by atoms with Crippen molar-refractivity contribution < 1.29 is 22.7 Å². The van der Waals surface area contributed by atoms with Crippen LogP contribution < -0.4 is 4.74 Å². The maximum absolute atomic E-state index is 12.2. The van der Waals surface area contributed by atoms with Crippen molar-refractivity contribution in [2.75, 3.05) is 7.11 Å². The number of carbonyl (C=O) groups is 1. The summed E-state index contributed by atoms with van der Waals surface area (Å²) >= 11 is 0. The molecular formula is C10H10F3NO2. The molecule has 0 aliphatic heterocycles. The number of hydrogen-bond acceptors (Lipinski definition) is 2. The molecule has 6 heteroatoms. The van der Waals surface area contributed by atoms with Gasteiger partial charge in [0.15, 0.2) is 0 Å². The van der Waals surface area contributed by atoms with Gasteiger partial charge in [-0.15, -0.1) is 13.2 Å². The van der Waals surface area contributed by atoms with E-state index in [0.29, 0.717) is 11.3 Å². The van der Waals surface area contributed by atoms with E-state index in [0.717, 1.165) is 0 Å². The normalized spacial score (nSPS) is 11.0. The quantitative estimate of drug-likeness (QED) is 0.589. The van der Waals surface area contributed by atoms with Gasteiger partial charge in [0.25, 0.3) is 0 Å². The molecule has 0 spiro atoms. The summed E-state index contributed by atoms with van der Waals surface area (Å²) in [6.45, 7) is -0.503. The smallest absolute Gasteiger partial charge is 0.487 e. The average Bonchev–Trinajstić information content (AvgIpc) is 2.25. The zero-order valence-corrected chi connectivity index (χ0v) is 8.49. The van der Waals surface area contributed by atoms with Crippen LogP contribution in [0.15, 0.2) is 24.3 Å². The van der Waals surface area contributed by atoms with Gasteiger partial charge in [0.2, 0.25) is 6.41 Å². The van der Waals surface area contributed by atoms with E-state index in [1.165, 1.54) is 31.4 Å². The Hall–Kier alpha value is -1.72. The monoisotopic (exact) mass is 233 g/mol. The minimum atomic E-state index is -4.65. The van der Waals surface area contributed by atoms with E-state index in [1.54, 1.807) is 0 Å². The molecular weight excluding hydrogens is 223 g/mol. The van der Waals surface area contributed by atoms with Gasteiger partial charge >= 0.3 is 6.30 Å². The van der Waals surface area contributed by atoms with Crippen molar-refractivity contribution >= 4 is 6.41 Å². The lowest BCUT2D eigenvalue weighted by molar-refractivity contribution is -0.236. The zero-order chi connectivity index (χ0) is 12.2. The second-order valence-corrected chi connectivity index (χ2v) is 3.05. The molecule has 0 aliphatic carbocycles. The first-order valence-corrected chi connectivity index (χ1v) is 4.39. The molecule has 0 heterocycles. The van der Waals surface area contributed by atoms with Gasteiger partial charge in [-0.05, 0) is 17.7 Å². The molecule has 1 rings (SSSR count). The molecule has 1 aromatic carbocycles. The molecule has 0 atom stereocenters. The Morgan fingerprint density at radius 1 is 1.31 bits per heavy atom. The van der Waals surface area contributed by atoms with Crippen LogP contribution in [-0.2, 0) is 11.3 Å². The first-order chi connectivity index (χ1) is 7.47. The summed E-state index contributed by atoms with van der Waals surface area (Å²) in [5.41, 5.74) is 0.380. The molecule has 0 radical (unpaired) electrons. The summed E-state index contributed by atoms with van der Waals surface area (Å²) in [5.74, 6) is 0.549. The second-order valence-electron chi connectivity index (χ2n) is 3.05. The van der Waals surface area contributed by atoms with Crippen molar-refractivity contribution in [1.82, 2.24) is 4.90 Å². The van der Waals surface area contributed by atoms with Crippen LogP contribution in [0.1, 0.15) is 5.56 Å².